The van der Waals surface area contributed by atoms with Gasteiger partial charge in [-0.1, -0.05) is 220 Å². The molecule has 15 rings (SSSR count). The number of para-hydroxylation sites is 3. The number of allylic oxidation sites excluding steroid dienone is 12. The lowest BCUT2D eigenvalue weighted by Gasteiger charge is -2.58. The molecular weight excluding hydrogens is 893 g/mol. The molecule has 0 amide bonds. The summed E-state index contributed by atoms with van der Waals surface area (Å²) in [6, 6.07) is 74.8. The van der Waals surface area contributed by atoms with Crippen molar-refractivity contribution >= 4 is 38.6 Å². The summed E-state index contributed by atoms with van der Waals surface area (Å²) in [5, 5.41) is 5.20. The monoisotopic (exact) mass is 952 g/mol. The van der Waals surface area contributed by atoms with Gasteiger partial charge in [0.25, 0.3) is 0 Å². The molecule has 0 saturated carbocycles. The fraction of sp³-hybridized carbons (Fsp3) is 0.194. The van der Waals surface area contributed by atoms with Crippen molar-refractivity contribution in [2.75, 3.05) is 9.80 Å². The van der Waals surface area contributed by atoms with Crippen molar-refractivity contribution in [3.63, 3.8) is 0 Å². The highest BCUT2D eigenvalue weighted by molar-refractivity contribution is 6.07. The van der Waals surface area contributed by atoms with E-state index in [1.807, 2.05) is 0 Å². The Balaban J connectivity index is 1.14. The predicted molar refractivity (Wildman–Crippen MR) is 308 cm³/mol. The SMILES string of the molecule is CC1(C)C2=C(CCC3=C2C2C4=C(C5C=CC=CC5C2C3(c2ccccc2)c2ccc3c(ccc5ccccc53)c2)N(C2=CCCC=C2)c2ccccc2C4(C)c2ccccc2)N(c2ccccc2)c2ccccc21. The van der Waals surface area contributed by atoms with Crippen LogP contribution >= 0.6 is 0 Å². The van der Waals surface area contributed by atoms with Crippen LogP contribution in [0, 0.1) is 23.7 Å². The highest BCUT2D eigenvalue weighted by Crippen LogP contribution is 2.74. The van der Waals surface area contributed by atoms with Gasteiger partial charge in [-0.15, -0.1) is 0 Å². The molecule has 2 nitrogen and oxygen atoms in total. The number of fused-ring (bicyclic) bond motifs is 12. The Morgan fingerprint density at radius 1 is 0.527 bits per heavy atom. The first-order valence-corrected chi connectivity index (χ1v) is 27.2. The van der Waals surface area contributed by atoms with Gasteiger partial charge in [0, 0.05) is 56.5 Å². The molecule has 0 radical (unpaired) electrons. The van der Waals surface area contributed by atoms with Crippen molar-refractivity contribution in [1.29, 1.82) is 0 Å². The fourth-order valence-corrected chi connectivity index (χ4v) is 16.1. The van der Waals surface area contributed by atoms with Crippen LogP contribution in [-0.2, 0) is 16.2 Å². The molecular formula is C72H60N2. The van der Waals surface area contributed by atoms with Gasteiger partial charge in [-0.25, -0.2) is 0 Å². The zero-order chi connectivity index (χ0) is 49.3. The average Bonchev–Trinajstić information content (AvgIpc) is 3.82. The third-order valence-corrected chi connectivity index (χ3v) is 18.8. The van der Waals surface area contributed by atoms with Crippen LogP contribution in [-0.4, -0.2) is 0 Å². The Bertz CT molecular complexity index is 3860. The summed E-state index contributed by atoms with van der Waals surface area (Å²) >= 11 is 0. The molecule has 74 heavy (non-hydrogen) atoms. The number of rotatable bonds is 5. The van der Waals surface area contributed by atoms with E-state index in [0.29, 0.717) is 0 Å². The quantitative estimate of drug-likeness (QED) is 0.159. The number of benzene rings is 8. The molecule has 7 aliphatic rings. The smallest absolute Gasteiger partial charge is 0.0502 e. The van der Waals surface area contributed by atoms with Crippen LogP contribution < -0.4 is 9.80 Å². The van der Waals surface area contributed by atoms with E-state index in [2.05, 4.69) is 267 Å². The normalized spacial score (nSPS) is 26.0. The number of hydrogen-bond donors (Lipinski definition) is 0. The van der Waals surface area contributed by atoms with Crippen molar-refractivity contribution in [3.8, 4) is 0 Å². The second-order valence-corrected chi connectivity index (χ2v) is 22.6. The Hall–Kier alpha value is -7.94. The predicted octanol–water partition coefficient (Wildman–Crippen LogP) is 17.7. The standard InChI is InChI=1S/C72H60N2/c1-70(2)58-36-20-22-38-61(58)73(52-29-12-6-13-30-52)63-45-44-60-64(67(63)70)65-66(72(60,50-27-10-5-11-28-50)51-42-43-55-48(46-51)41-40-47-24-16-17-33-54(47)55)56-34-18-19-35-57(56)69-68(65)71(3,49-25-8-4-9-26-49)59-37-21-23-39-62(59)74(69)53-31-14-7-15-32-53/h4-6,8-14,16-43,46,56-57,65-66H,7,15,44-45H2,1-3H3. The van der Waals surface area contributed by atoms with E-state index in [9.17, 15) is 0 Å². The summed E-state index contributed by atoms with van der Waals surface area (Å²) in [7, 11) is 0. The molecule has 8 aromatic carbocycles. The van der Waals surface area contributed by atoms with Gasteiger partial charge in [-0.05, 0) is 147 Å². The molecule has 5 aliphatic carbocycles. The second kappa shape index (κ2) is 16.3. The molecule has 6 atom stereocenters. The molecule has 8 aromatic rings. The van der Waals surface area contributed by atoms with E-state index in [0.717, 1.165) is 25.7 Å². The van der Waals surface area contributed by atoms with Crippen molar-refractivity contribution in [1.82, 2.24) is 0 Å². The summed E-state index contributed by atoms with van der Waals surface area (Å²) in [6.45, 7) is 7.72. The van der Waals surface area contributed by atoms with Crippen LogP contribution in [0.2, 0.25) is 0 Å². The molecule has 0 N–H and O–H groups in total. The first-order valence-electron chi connectivity index (χ1n) is 27.2. The highest BCUT2D eigenvalue weighted by Gasteiger charge is 2.67. The largest absolute Gasteiger partial charge is 0.314 e. The molecule has 0 spiro atoms. The van der Waals surface area contributed by atoms with Gasteiger partial charge >= 0.3 is 0 Å². The van der Waals surface area contributed by atoms with Gasteiger partial charge in [0.1, 0.15) is 0 Å². The summed E-state index contributed by atoms with van der Waals surface area (Å²) in [6.07, 6.45) is 21.3. The van der Waals surface area contributed by atoms with Gasteiger partial charge in [-0.2, -0.15) is 0 Å². The maximum absolute atomic E-state index is 2.75. The van der Waals surface area contributed by atoms with E-state index < -0.39 is 10.8 Å². The van der Waals surface area contributed by atoms with Crippen LogP contribution in [0.3, 0.4) is 0 Å². The molecule has 2 heterocycles. The first-order chi connectivity index (χ1) is 36.4. The second-order valence-electron chi connectivity index (χ2n) is 22.6. The van der Waals surface area contributed by atoms with Crippen LogP contribution in [0.4, 0.5) is 17.1 Å². The minimum Gasteiger partial charge on any atom is -0.314 e. The van der Waals surface area contributed by atoms with Crippen molar-refractivity contribution in [2.24, 2.45) is 23.7 Å². The Morgan fingerprint density at radius 2 is 1.18 bits per heavy atom. The first kappa shape index (κ1) is 43.6. The van der Waals surface area contributed by atoms with Crippen LogP contribution in [0.15, 0.2) is 276 Å². The fourth-order valence-electron chi connectivity index (χ4n) is 16.1. The zero-order valence-electron chi connectivity index (χ0n) is 42.5. The van der Waals surface area contributed by atoms with Crippen molar-refractivity contribution in [2.45, 2.75) is 62.7 Å². The van der Waals surface area contributed by atoms with E-state index in [-0.39, 0.29) is 29.1 Å². The lowest BCUT2D eigenvalue weighted by molar-refractivity contribution is 0.194. The van der Waals surface area contributed by atoms with E-state index >= 15 is 0 Å². The Morgan fingerprint density at radius 3 is 1.95 bits per heavy atom. The van der Waals surface area contributed by atoms with Crippen LogP contribution in [0.5, 0.6) is 0 Å². The van der Waals surface area contributed by atoms with Gasteiger partial charge in [0.05, 0.1) is 5.69 Å². The minimum atomic E-state index is -0.495. The lowest BCUT2D eigenvalue weighted by Crippen LogP contribution is -2.53. The average molecular weight is 953 g/mol. The third-order valence-electron chi connectivity index (χ3n) is 18.8. The van der Waals surface area contributed by atoms with Crippen molar-refractivity contribution < 1.29 is 0 Å². The molecule has 0 aromatic heterocycles. The maximum Gasteiger partial charge on any atom is 0.0502 e. The van der Waals surface area contributed by atoms with Gasteiger partial charge < -0.3 is 9.80 Å². The molecule has 0 bridgehead atoms. The van der Waals surface area contributed by atoms with E-state index in [1.165, 1.54) is 89.1 Å². The topological polar surface area (TPSA) is 6.48 Å². The van der Waals surface area contributed by atoms with E-state index in [1.54, 1.807) is 16.7 Å². The van der Waals surface area contributed by atoms with Gasteiger partial charge in [0.15, 0.2) is 0 Å². The number of hydrogen-bond acceptors (Lipinski definition) is 2. The van der Waals surface area contributed by atoms with Crippen LogP contribution in [0.25, 0.3) is 21.5 Å². The molecule has 0 saturated heterocycles. The third kappa shape index (κ3) is 5.83. The molecule has 0 fully saturated rings. The van der Waals surface area contributed by atoms with E-state index in [4.69, 9.17) is 0 Å². The highest BCUT2D eigenvalue weighted by atomic mass is 15.2. The zero-order valence-corrected chi connectivity index (χ0v) is 42.5. The summed E-state index contributed by atoms with van der Waals surface area (Å²) in [5.74, 6) is 0.406. The van der Waals surface area contributed by atoms with Crippen LogP contribution in [0.1, 0.15) is 74.3 Å². The lowest BCUT2D eigenvalue weighted by atomic mass is 9.49. The number of nitrogens with zero attached hydrogens (tertiary/aromatic N) is 2. The maximum atomic E-state index is 2.75. The minimum absolute atomic E-state index is 0.0200. The molecule has 6 unspecified atom stereocenters. The van der Waals surface area contributed by atoms with Gasteiger partial charge in [0.2, 0.25) is 0 Å². The Kier molecular flexibility index (Phi) is 9.60. The van der Waals surface area contributed by atoms with Crippen molar-refractivity contribution in [3.05, 3.63) is 304 Å². The Labute approximate surface area is 436 Å². The molecule has 358 valence electrons. The van der Waals surface area contributed by atoms with Gasteiger partial charge in [-0.3, -0.25) is 0 Å². The summed E-state index contributed by atoms with van der Waals surface area (Å²) in [5.41, 5.74) is 19.8. The summed E-state index contributed by atoms with van der Waals surface area (Å²) in [4.78, 5) is 5.42. The molecule has 2 aliphatic heterocycles. The number of anilines is 3. The molecule has 2 heteroatoms. The summed E-state index contributed by atoms with van der Waals surface area (Å²) < 4.78 is 0.